The zero-order chi connectivity index (χ0) is 14.0. The third-order valence-electron chi connectivity index (χ3n) is 3.26. The van der Waals surface area contributed by atoms with Crippen LogP contribution in [0, 0.1) is 0 Å². The Hall–Kier alpha value is -1.41. The molecule has 19 heavy (non-hydrogen) atoms. The second kappa shape index (κ2) is 5.30. The summed E-state index contributed by atoms with van der Waals surface area (Å²) in [5.74, 6) is -1.06. The number of aliphatic carboxylic acids is 1. The molecule has 0 radical (unpaired) electrons. The molecule has 0 aliphatic carbocycles. The number of sulfonamides is 1. The lowest BCUT2D eigenvalue weighted by Crippen LogP contribution is -2.41. The van der Waals surface area contributed by atoms with Crippen molar-refractivity contribution in [3.05, 3.63) is 12.4 Å². The topological polar surface area (TPSA) is 92.5 Å². The van der Waals surface area contributed by atoms with Crippen molar-refractivity contribution < 1.29 is 18.3 Å². The van der Waals surface area contributed by atoms with Gasteiger partial charge < -0.3 is 5.11 Å². The first-order chi connectivity index (χ1) is 8.91. The van der Waals surface area contributed by atoms with Crippen LogP contribution in [0.25, 0.3) is 0 Å². The van der Waals surface area contributed by atoms with Crippen LogP contribution in [0.2, 0.25) is 0 Å². The Bertz CT molecular complexity index is 566. The van der Waals surface area contributed by atoms with E-state index >= 15 is 0 Å². The third kappa shape index (κ3) is 2.95. The summed E-state index contributed by atoms with van der Waals surface area (Å²) >= 11 is 0. The van der Waals surface area contributed by atoms with Crippen LogP contribution in [0.4, 0.5) is 0 Å². The Morgan fingerprint density at radius 3 is 2.89 bits per heavy atom. The molecule has 1 saturated heterocycles. The third-order valence-corrected chi connectivity index (χ3v) is 5.22. The molecule has 0 amide bonds. The fourth-order valence-corrected chi connectivity index (χ4v) is 3.92. The molecule has 1 aromatic heterocycles. The molecular formula is C11H17N3O4S. The lowest BCUT2D eigenvalue weighted by molar-refractivity contribution is -0.137. The summed E-state index contributed by atoms with van der Waals surface area (Å²) in [7, 11) is -3.57. The number of aromatic nitrogens is 2. The van der Waals surface area contributed by atoms with Crippen LogP contribution >= 0.6 is 0 Å². The number of hydrogen-bond acceptors (Lipinski definition) is 4. The summed E-state index contributed by atoms with van der Waals surface area (Å²) in [4.78, 5) is 10.6. The normalized spacial score (nSPS) is 21.4. The first-order valence-electron chi connectivity index (χ1n) is 6.17. The number of hydrogen-bond donors (Lipinski definition) is 1. The molecule has 1 aliphatic heterocycles. The van der Waals surface area contributed by atoms with E-state index in [2.05, 4.69) is 5.10 Å². The number of piperidine rings is 1. The quantitative estimate of drug-likeness (QED) is 0.872. The second-order valence-electron chi connectivity index (χ2n) is 4.73. The van der Waals surface area contributed by atoms with Crippen molar-refractivity contribution in [2.45, 2.75) is 43.7 Å². The second-order valence-corrected chi connectivity index (χ2v) is 6.62. The predicted octanol–water partition coefficient (Wildman–Crippen LogP) is 0.531. The largest absolute Gasteiger partial charge is 0.480 e. The van der Waals surface area contributed by atoms with Crippen molar-refractivity contribution in [1.29, 1.82) is 0 Å². The molecule has 2 heterocycles. The van der Waals surface area contributed by atoms with Crippen LogP contribution in [-0.4, -0.2) is 46.2 Å². The van der Waals surface area contributed by atoms with E-state index in [1.165, 1.54) is 16.7 Å². The average Bonchev–Trinajstić information content (AvgIpc) is 2.77. The Balaban J connectivity index is 2.23. The molecule has 0 spiro atoms. The minimum atomic E-state index is -3.57. The van der Waals surface area contributed by atoms with Gasteiger partial charge >= 0.3 is 5.97 Å². The van der Waals surface area contributed by atoms with E-state index in [0.717, 1.165) is 23.9 Å². The van der Waals surface area contributed by atoms with E-state index in [1.807, 2.05) is 6.92 Å². The van der Waals surface area contributed by atoms with Gasteiger partial charge in [0.05, 0.1) is 6.20 Å². The van der Waals surface area contributed by atoms with Crippen molar-refractivity contribution >= 4 is 16.0 Å². The zero-order valence-electron chi connectivity index (χ0n) is 10.7. The summed E-state index contributed by atoms with van der Waals surface area (Å²) in [5.41, 5.74) is 0. The number of carbonyl (C=O) groups is 1. The van der Waals surface area contributed by atoms with Gasteiger partial charge in [-0.1, -0.05) is 6.42 Å². The summed E-state index contributed by atoms with van der Waals surface area (Å²) in [5, 5.41) is 12.4. The van der Waals surface area contributed by atoms with Gasteiger partial charge in [0.25, 0.3) is 0 Å². The molecular weight excluding hydrogens is 270 g/mol. The highest BCUT2D eigenvalue weighted by Gasteiger charge is 2.31. The monoisotopic (exact) mass is 287 g/mol. The molecule has 1 unspecified atom stereocenters. The molecule has 1 fully saturated rings. The van der Waals surface area contributed by atoms with Crippen molar-refractivity contribution in [3.63, 3.8) is 0 Å². The molecule has 0 aromatic carbocycles. The van der Waals surface area contributed by atoms with Gasteiger partial charge in [0.15, 0.2) is 0 Å². The Morgan fingerprint density at radius 1 is 1.53 bits per heavy atom. The highest BCUT2D eigenvalue weighted by Crippen LogP contribution is 2.24. The van der Waals surface area contributed by atoms with Crippen LogP contribution in [0.15, 0.2) is 17.3 Å². The molecule has 106 valence electrons. The van der Waals surface area contributed by atoms with Crippen LogP contribution in [0.5, 0.6) is 0 Å². The van der Waals surface area contributed by atoms with Gasteiger partial charge in [-0.05, 0) is 19.8 Å². The summed E-state index contributed by atoms with van der Waals surface area (Å²) in [6, 6.07) is -0.0263. The number of carboxylic acid groups (broad SMARTS) is 1. The first-order valence-corrected chi connectivity index (χ1v) is 7.61. The van der Waals surface area contributed by atoms with Gasteiger partial charge in [0.1, 0.15) is 11.4 Å². The average molecular weight is 287 g/mol. The molecule has 1 aromatic rings. The van der Waals surface area contributed by atoms with Gasteiger partial charge in [-0.15, -0.1) is 0 Å². The van der Waals surface area contributed by atoms with E-state index in [4.69, 9.17) is 5.11 Å². The molecule has 2 rings (SSSR count). The smallest absolute Gasteiger partial charge is 0.325 e. The van der Waals surface area contributed by atoms with Gasteiger partial charge in [-0.3, -0.25) is 9.48 Å². The Morgan fingerprint density at radius 2 is 2.26 bits per heavy atom. The zero-order valence-corrected chi connectivity index (χ0v) is 11.5. The fraction of sp³-hybridized carbons (Fsp3) is 0.636. The maximum absolute atomic E-state index is 12.4. The summed E-state index contributed by atoms with van der Waals surface area (Å²) < 4.78 is 27.4. The first kappa shape index (κ1) is 14.0. The molecule has 8 heteroatoms. The van der Waals surface area contributed by atoms with Crippen molar-refractivity contribution in [1.82, 2.24) is 14.1 Å². The van der Waals surface area contributed by atoms with Crippen molar-refractivity contribution in [2.24, 2.45) is 0 Å². The number of carboxylic acids is 1. The molecule has 1 N–H and O–H groups in total. The van der Waals surface area contributed by atoms with E-state index in [-0.39, 0.29) is 17.5 Å². The van der Waals surface area contributed by atoms with Crippen LogP contribution < -0.4 is 0 Å². The Kier molecular flexibility index (Phi) is 3.91. The maximum Gasteiger partial charge on any atom is 0.325 e. The predicted molar refractivity (Wildman–Crippen MR) is 67.1 cm³/mol. The lowest BCUT2D eigenvalue weighted by Gasteiger charge is -2.31. The summed E-state index contributed by atoms with van der Waals surface area (Å²) in [6.07, 6.45) is 5.21. The van der Waals surface area contributed by atoms with Gasteiger partial charge in [0, 0.05) is 18.8 Å². The van der Waals surface area contributed by atoms with Crippen LogP contribution in [0.1, 0.15) is 26.2 Å². The number of nitrogens with zero attached hydrogens (tertiary/aromatic N) is 3. The van der Waals surface area contributed by atoms with Crippen molar-refractivity contribution in [3.8, 4) is 0 Å². The van der Waals surface area contributed by atoms with Crippen molar-refractivity contribution in [2.75, 3.05) is 6.54 Å². The van der Waals surface area contributed by atoms with Gasteiger partial charge in [-0.25, -0.2) is 8.42 Å². The molecule has 0 bridgehead atoms. The maximum atomic E-state index is 12.4. The lowest BCUT2D eigenvalue weighted by atomic mass is 10.1. The standard InChI is InChI=1S/C11H17N3O4S/c1-9-4-2-3-5-14(9)19(17,18)10-6-12-13(7-10)8-11(15)16/h6-7,9H,2-5,8H2,1H3,(H,15,16). The fourth-order valence-electron chi connectivity index (χ4n) is 2.27. The molecule has 7 nitrogen and oxygen atoms in total. The van der Waals surface area contributed by atoms with Gasteiger partial charge in [-0.2, -0.15) is 9.40 Å². The van der Waals surface area contributed by atoms with E-state index < -0.39 is 16.0 Å². The Labute approximate surface area is 111 Å². The van der Waals surface area contributed by atoms with E-state index in [9.17, 15) is 13.2 Å². The number of rotatable bonds is 4. The minimum Gasteiger partial charge on any atom is -0.480 e. The highest BCUT2D eigenvalue weighted by atomic mass is 32.2. The minimum absolute atomic E-state index is 0.0263. The van der Waals surface area contributed by atoms with E-state index in [1.54, 1.807) is 0 Å². The van der Waals surface area contributed by atoms with Gasteiger partial charge in [0.2, 0.25) is 10.0 Å². The summed E-state index contributed by atoms with van der Waals surface area (Å²) in [6.45, 7) is 2.05. The van der Waals surface area contributed by atoms with E-state index in [0.29, 0.717) is 6.54 Å². The molecule has 0 saturated carbocycles. The molecule has 1 atom stereocenters. The van der Waals surface area contributed by atoms with Crippen LogP contribution in [-0.2, 0) is 21.4 Å². The highest BCUT2D eigenvalue weighted by molar-refractivity contribution is 7.89. The van der Waals surface area contributed by atoms with Crippen LogP contribution in [0.3, 0.4) is 0 Å². The SMILES string of the molecule is CC1CCCCN1S(=O)(=O)c1cnn(CC(=O)O)c1. The molecule has 1 aliphatic rings.